The molecule has 2 rings (SSSR count). The second kappa shape index (κ2) is 5.64. The number of hydrogen-bond acceptors (Lipinski definition) is 3. The van der Waals surface area contributed by atoms with E-state index in [2.05, 4.69) is 30.2 Å². The number of pyridine rings is 1. The molecular weight excluding hydrogens is 212 g/mol. The van der Waals surface area contributed by atoms with Crippen LogP contribution in [0, 0.1) is 6.92 Å². The number of furan rings is 1. The Morgan fingerprint density at radius 3 is 2.94 bits per heavy atom. The molecule has 0 fully saturated rings. The summed E-state index contributed by atoms with van der Waals surface area (Å²) in [6.45, 7) is 5.21. The molecule has 0 aromatic carbocycles. The minimum absolute atomic E-state index is 0.120. The van der Waals surface area contributed by atoms with E-state index in [-0.39, 0.29) is 6.04 Å². The predicted molar refractivity (Wildman–Crippen MR) is 67.8 cm³/mol. The van der Waals surface area contributed by atoms with Crippen LogP contribution < -0.4 is 5.32 Å². The molecule has 3 nitrogen and oxygen atoms in total. The molecule has 0 saturated carbocycles. The van der Waals surface area contributed by atoms with Gasteiger partial charge in [-0.1, -0.05) is 13.0 Å². The van der Waals surface area contributed by atoms with Crippen LogP contribution in [-0.2, 0) is 0 Å². The zero-order chi connectivity index (χ0) is 12.1. The largest absolute Gasteiger partial charge is 0.472 e. The van der Waals surface area contributed by atoms with Gasteiger partial charge in [-0.25, -0.2) is 0 Å². The molecular formula is C14H18N2O. The molecule has 0 bridgehead atoms. The molecule has 2 aromatic rings. The Bertz CT molecular complexity index is 451. The van der Waals surface area contributed by atoms with E-state index < -0.39 is 0 Å². The maximum Gasteiger partial charge on any atom is 0.0954 e. The van der Waals surface area contributed by atoms with Crippen LogP contribution in [0.3, 0.4) is 0 Å². The molecule has 0 aliphatic rings. The number of nitrogens with zero attached hydrogens (tertiary/aromatic N) is 1. The molecule has 2 aromatic heterocycles. The molecule has 17 heavy (non-hydrogen) atoms. The summed E-state index contributed by atoms with van der Waals surface area (Å²) in [7, 11) is 0. The smallest absolute Gasteiger partial charge is 0.0954 e. The number of nitrogens with one attached hydrogen (secondary N) is 1. The third kappa shape index (κ3) is 2.74. The van der Waals surface area contributed by atoms with Crippen molar-refractivity contribution in [2.24, 2.45) is 0 Å². The summed E-state index contributed by atoms with van der Waals surface area (Å²) in [6, 6.07) is 6.16. The number of hydrogen-bond donors (Lipinski definition) is 1. The lowest BCUT2D eigenvalue weighted by atomic mass is 10.0. The molecule has 0 saturated heterocycles. The first kappa shape index (κ1) is 11.9. The van der Waals surface area contributed by atoms with Crippen molar-refractivity contribution in [3.63, 3.8) is 0 Å². The Kier molecular flexibility index (Phi) is 3.94. The van der Waals surface area contributed by atoms with Crippen LogP contribution in [0.15, 0.2) is 41.3 Å². The van der Waals surface area contributed by atoms with E-state index in [1.165, 1.54) is 5.56 Å². The average Bonchev–Trinajstić information content (AvgIpc) is 2.85. The van der Waals surface area contributed by atoms with Crippen molar-refractivity contribution in [3.8, 4) is 0 Å². The summed E-state index contributed by atoms with van der Waals surface area (Å²) < 4.78 is 5.17. The molecule has 0 spiro atoms. The molecule has 2 heterocycles. The molecule has 0 aliphatic heterocycles. The van der Waals surface area contributed by atoms with Crippen LogP contribution in [0.1, 0.15) is 36.2 Å². The van der Waals surface area contributed by atoms with E-state index in [4.69, 9.17) is 4.42 Å². The lowest BCUT2D eigenvalue weighted by Crippen LogP contribution is -2.24. The Morgan fingerprint density at radius 2 is 2.29 bits per heavy atom. The van der Waals surface area contributed by atoms with Crippen molar-refractivity contribution in [1.82, 2.24) is 10.3 Å². The summed E-state index contributed by atoms with van der Waals surface area (Å²) in [5.41, 5.74) is 3.39. The Morgan fingerprint density at radius 1 is 1.41 bits per heavy atom. The van der Waals surface area contributed by atoms with E-state index in [0.717, 1.165) is 24.2 Å². The van der Waals surface area contributed by atoms with Gasteiger partial charge in [0.15, 0.2) is 0 Å². The lowest BCUT2D eigenvalue weighted by molar-refractivity contribution is 0.544. The Hall–Kier alpha value is -1.61. The highest BCUT2D eigenvalue weighted by molar-refractivity contribution is 5.29. The van der Waals surface area contributed by atoms with Crippen molar-refractivity contribution in [2.75, 3.05) is 6.54 Å². The SMILES string of the molecule is CCCNC(c1ccoc1)c1ncccc1C. The van der Waals surface area contributed by atoms with Crippen molar-refractivity contribution >= 4 is 0 Å². The van der Waals surface area contributed by atoms with Gasteiger partial charge in [-0.15, -0.1) is 0 Å². The van der Waals surface area contributed by atoms with Gasteiger partial charge in [-0.3, -0.25) is 4.98 Å². The topological polar surface area (TPSA) is 38.1 Å². The van der Waals surface area contributed by atoms with Gasteiger partial charge in [0.25, 0.3) is 0 Å². The fourth-order valence-corrected chi connectivity index (χ4v) is 1.90. The summed E-state index contributed by atoms with van der Waals surface area (Å²) in [6.07, 6.45) is 6.42. The van der Waals surface area contributed by atoms with Gasteiger partial charge in [0.05, 0.1) is 24.3 Å². The number of aryl methyl sites for hydroxylation is 1. The molecule has 3 heteroatoms. The van der Waals surface area contributed by atoms with Gasteiger partial charge in [-0.05, 0) is 37.6 Å². The second-order valence-corrected chi connectivity index (χ2v) is 4.15. The fraction of sp³-hybridized carbons (Fsp3) is 0.357. The molecule has 0 amide bonds. The molecule has 0 aliphatic carbocycles. The van der Waals surface area contributed by atoms with E-state index in [9.17, 15) is 0 Å². The van der Waals surface area contributed by atoms with Gasteiger partial charge in [0.2, 0.25) is 0 Å². The first-order chi connectivity index (χ1) is 8.33. The van der Waals surface area contributed by atoms with Crippen LogP contribution in [0.5, 0.6) is 0 Å². The summed E-state index contributed by atoms with van der Waals surface area (Å²) in [5.74, 6) is 0. The summed E-state index contributed by atoms with van der Waals surface area (Å²) >= 11 is 0. The first-order valence-electron chi connectivity index (χ1n) is 6.00. The monoisotopic (exact) mass is 230 g/mol. The molecule has 1 unspecified atom stereocenters. The maximum atomic E-state index is 5.17. The maximum absolute atomic E-state index is 5.17. The zero-order valence-electron chi connectivity index (χ0n) is 10.3. The lowest BCUT2D eigenvalue weighted by Gasteiger charge is -2.18. The van der Waals surface area contributed by atoms with Gasteiger partial charge >= 0.3 is 0 Å². The highest BCUT2D eigenvalue weighted by atomic mass is 16.3. The first-order valence-corrected chi connectivity index (χ1v) is 6.00. The predicted octanol–water partition coefficient (Wildman–Crippen LogP) is 3.07. The second-order valence-electron chi connectivity index (χ2n) is 4.15. The number of aromatic nitrogens is 1. The van der Waals surface area contributed by atoms with Crippen LogP contribution in [0.4, 0.5) is 0 Å². The van der Waals surface area contributed by atoms with Gasteiger partial charge < -0.3 is 9.73 Å². The van der Waals surface area contributed by atoms with Crippen LogP contribution in [0.2, 0.25) is 0 Å². The van der Waals surface area contributed by atoms with Crippen molar-refractivity contribution < 1.29 is 4.42 Å². The summed E-state index contributed by atoms with van der Waals surface area (Å²) in [4.78, 5) is 4.48. The zero-order valence-corrected chi connectivity index (χ0v) is 10.3. The highest BCUT2D eigenvalue weighted by Crippen LogP contribution is 2.23. The highest BCUT2D eigenvalue weighted by Gasteiger charge is 2.17. The number of rotatable bonds is 5. The van der Waals surface area contributed by atoms with Gasteiger partial charge in [0.1, 0.15) is 0 Å². The molecule has 1 N–H and O–H groups in total. The van der Waals surface area contributed by atoms with Crippen molar-refractivity contribution in [3.05, 3.63) is 53.7 Å². The molecule has 1 atom stereocenters. The van der Waals surface area contributed by atoms with Gasteiger partial charge in [0, 0.05) is 11.8 Å². The third-order valence-electron chi connectivity index (χ3n) is 2.80. The van der Waals surface area contributed by atoms with Crippen LogP contribution in [-0.4, -0.2) is 11.5 Å². The van der Waals surface area contributed by atoms with E-state index in [1.807, 2.05) is 18.3 Å². The minimum Gasteiger partial charge on any atom is -0.472 e. The van der Waals surface area contributed by atoms with Gasteiger partial charge in [-0.2, -0.15) is 0 Å². The molecule has 0 radical (unpaired) electrons. The Labute approximate surface area is 102 Å². The van der Waals surface area contributed by atoms with Crippen molar-refractivity contribution in [1.29, 1.82) is 0 Å². The minimum atomic E-state index is 0.120. The van der Waals surface area contributed by atoms with Crippen LogP contribution >= 0.6 is 0 Å². The van der Waals surface area contributed by atoms with Crippen LogP contribution in [0.25, 0.3) is 0 Å². The van der Waals surface area contributed by atoms with Crippen molar-refractivity contribution in [2.45, 2.75) is 26.3 Å². The normalized spacial score (nSPS) is 12.6. The van der Waals surface area contributed by atoms with E-state index >= 15 is 0 Å². The fourth-order valence-electron chi connectivity index (χ4n) is 1.90. The van der Waals surface area contributed by atoms with E-state index in [0.29, 0.717) is 0 Å². The quantitative estimate of drug-likeness (QED) is 0.857. The Balaban J connectivity index is 2.30. The third-order valence-corrected chi connectivity index (χ3v) is 2.80. The standard InChI is InChI=1S/C14H18N2O/c1-3-7-15-14(12-6-9-17-10-12)13-11(2)5-4-8-16-13/h4-6,8-10,14-15H,3,7H2,1-2H3. The average molecular weight is 230 g/mol. The molecule has 90 valence electrons. The summed E-state index contributed by atoms with van der Waals surface area (Å²) in [5, 5.41) is 3.51. The van der Waals surface area contributed by atoms with E-state index in [1.54, 1.807) is 12.5 Å².